The van der Waals surface area contributed by atoms with Crippen molar-refractivity contribution in [1.29, 1.82) is 0 Å². The summed E-state index contributed by atoms with van der Waals surface area (Å²) < 4.78 is 0. The van der Waals surface area contributed by atoms with E-state index in [1.807, 2.05) is 0 Å². The molecular weight excluding hydrogens is 376 g/mol. The largest absolute Gasteiger partial charge is 0.378 e. The minimum Gasteiger partial charge on any atom is -0.378 e. The van der Waals surface area contributed by atoms with E-state index in [9.17, 15) is 0 Å². The smallest absolute Gasteiger partial charge is 0.0432 e. The lowest BCUT2D eigenvalue weighted by molar-refractivity contribution is 1.01. The molecule has 5 rings (SSSR count). The molecule has 1 atom stereocenters. The van der Waals surface area contributed by atoms with Crippen molar-refractivity contribution >= 4 is 17.1 Å². The quantitative estimate of drug-likeness (QED) is 0.339. The molecule has 1 aliphatic carbocycles. The van der Waals surface area contributed by atoms with Gasteiger partial charge < -0.3 is 10.2 Å². The van der Waals surface area contributed by atoms with Crippen molar-refractivity contribution in [2.45, 2.75) is 19.8 Å². The van der Waals surface area contributed by atoms with Crippen LogP contribution in [0.4, 0.5) is 17.1 Å². The average Bonchev–Trinajstić information content (AvgIpc) is 3.12. The monoisotopic (exact) mass is 404 g/mol. The number of anilines is 3. The summed E-state index contributed by atoms with van der Waals surface area (Å²) in [4.78, 5) is 2.15. The van der Waals surface area contributed by atoms with Crippen molar-refractivity contribution in [3.63, 3.8) is 0 Å². The summed E-state index contributed by atoms with van der Waals surface area (Å²) in [5.41, 5.74) is 12.8. The first-order chi connectivity index (χ1) is 15.0. The Labute approximate surface area is 185 Å². The van der Waals surface area contributed by atoms with Crippen LogP contribution in [0.3, 0.4) is 0 Å². The minimum absolute atomic E-state index is 0.219. The number of hydrogen-bond acceptors (Lipinski definition) is 2. The van der Waals surface area contributed by atoms with E-state index in [0.29, 0.717) is 0 Å². The molecule has 0 aromatic heterocycles. The fraction of sp³-hybridized carbons (Fsp3) is 0.172. The van der Waals surface area contributed by atoms with Gasteiger partial charge in [0.1, 0.15) is 0 Å². The Morgan fingerprint density at radius 2 is 1.45 bits per heavy atom. The van der Waals surface area contributed by atoms with Crippen LogP contribution in [0, 0.1) is 13.8 Å². The van der Waals surface area contributed by atoms with Gasteiger partial charge in [0.05, 0.1) is 0 Å². The van der Waals surface area contributed by atoms with Crippen LogP contribution in [-0.2, 0) is 0 Å². The number of fused-ring (bicyclic) bond motifs is 3. The summed E-state index contributed by atoms with van der Waals surface area (Å²) in [5.74, 6) is 0.219. The minimum atomic E-state index is 0.219. The zero-order valence-electron chi connectivity index (χ0n) is 18.6. The van der Waals surface area contributed by atoms with E-state index in [-0.39, 0.29) is 5.92 Å². The standard InChI is InChI=1S/C29H28N2/c1-19-12-13-20(2)27(18-19)30-26-11-7-10-25-23-8-5-6-9-24(23)28(29(25)26)21-14-16-22(17-15-21)31(3)4/h5-18,28,30H,1-4H3. The number of benzene rings is 4. The molecule has 1 N–H and O–H groups in total. The third kappa shape index (κ3) is 3.38. The summed E-state index contributed by atoms with van der Waals surface area (Å²) in [6.07, 6.45) is 0. The maximum absolute atomic E-state index is 3.77. The molecule has 1 unspecified atom stereocenters. The highest BCUT2D eigenvalue weighted by Gasteiger charge is 2.32. The van der Waals surface area contributed by atoms with Crippen molar-refractivity contribution in [3.8, 4) is 11.1 Å². The van der Waals surface area contributed by atoms with Gasteiger partial charge in [-0.15, -0.1) is 0 Å². The lowest BCUT2D eigenvalue weighted by atomic mass is 9.88. The molecule has 0 spiro atoms. The van der Waals surface area contributed by atoms with Crippen molar-refractivity contribution < 1.29 is 0 Å². The zero-order chi connectivity index (χ0) is 21.5. The van der Waals surface area contributed by atoms with Gasteiger partial charge in [-0.3, -0.25) is 0 Å². The highest BCUT2D eigenvalue weighted by molar-refractivity contribution is 5.87. The first kappa shape index (κ1) is 19.4. The van der Waals surface area contributed by atoms with Gasteiger partial charge in [-0.05, 0) is 77.1 Å². The molecular formula is C29H28N2. The summed E-state index contributed by atoms with van der Waals surface area (Å²) in [6, 6.07) is 31.1. The SMILES string of the molecule is Cc1ccc(C)c(Nc2cccc3c2C(c2ccc(N(C)C)cc2)c2ccccc2-3)c1. The summed E-state index contributed by atoms with van der Waals surface area (Å²) in [5, 5.41) is 3.77. The summed E-state index contributed by atoms with van der Waals surface area (Å²) in [6.45, 7) is 4.31. The molecule has 0 saturated carbocycles. The Bertz CT molecular complexity index is 1250. The van der Waals surface area contributed by atoms with E-state index in [1.54, 1.807) is 0 Å². The molecule has 0 heterocycles. The Morgan fingerprint density at radius 1 is 0.710 bits per heavy atom. The third-order valence-corrected chi connectivity index (χ3v) is 6.36. The summed E-state index contributed by atoms with van der Waals surface area (Å²) >= 11 is 0. The van der Waals surface area contributed by atoms with Gasteiger partial charge in [-0.1, -0.05) is 60.7 Å². The third-order valence-electron chi connectivity index (χ3n) is 6.36. The van der Waals surface area contributed by atoms with Gasteiger partial charge in [0.2, 0.25) is 0 Å². The maximum atomic E-state index is 3.77. The van der Waals surface area contributed by atoms with Crippen LogP contribution < -0.4 is 10.2 Å². The van der Waals surface area contributed by atoms with Gasteiger partial charge in [0.15, 0.2) is 0 Å². The van der Waals surface area contributed by atoms with Crippen molar-refractivity contribution in [2.75, 3.05) is 24.3 Å². The van der Waals surface area contributed by atoms with Crippen LogP contribution in [0.25, 0.3) is 11.1 Å². The molecule has 4 aromatic carbocycles. The highest BCUT2D eigenvalue weighted by atomic mass is 15.1. The Hall–Kier alpha value is -3.52. The van der Waals surface area contributed by atoms with Crippen molar-refractivity contribution in [2.24, 2.45) is 0 Å². The Balaban J connectivity index is 1.67. The van der Waals surface area contributed by atoms with Crippen LogP contribution >= 0.6 is 0 Å². The molecule has 2 nitrogen and oxygen atoms in total. The number of nitrogens with one attached hydrogen (secondary N) is 1. The van der Waals surface area contributed by atoms with E-state index in [1.165, 1.54) is 56.0 Å². The van der Waals surface area contributed by atoms with Crippen LogP contribution in [0.2, 0.25) is 0 Å². The number of rotatable bonds is 4. The van der Waals surface area contributed by atoms with E-state index in [2.05, 4.69) is 123 Å². The normalized spacial score (nSPS) is 14.1. The molecule has 0 saturated heterocycles. The fourth-order valence-electron chi connectivity index (χ4n) is 4.70. The lowest BCUT2D eigenvalue weighted by Crippen LogP contribution is -2.09. The highest BCUT2D eigenvalue weighted by Crippen LogP contribution is 2.51. The molecule has 0 fully saturated rings. The molecule has 2 heteroatoms. The molecule has 31 heavy (non-hydrogen) atoms. The molecule has 0 radical (unpaired) electrons. The average molecular weight is 405 g/mol. The van der Waals surface area contributed by atoms with E-state index in [4.69, 9.17) is 0 Å². The topological polar surface area (TPSA) is 15.3 Å². The second-order valence-corrected chi connectivity index (χ2v) is 8.72. The van der Waals surface area contributed by atoms with Gasteiger partial charge in [-0.2, -0.15) is 0 Å². The van der Waals surface area contributed by atoms with Gasteiger partial charge in [-0.25, -0.2) is 0 Å². The summed E-state index contributed by atoms with van der Waals surface area (Å²) in [7, 11) is 4.17. The van der Waals surface area contributed by atoms with Gasteiger partial charge in [0, 0.05) is 37.1 Å². The molecule has 1 aliphatic rings. The molecule has 154 valence electrons. The predicted octanol–water partition coefficient (Wildman–Crippen LogP) is 7.27. The Morgan fingerprint density at radius 3 is 2.23 bits per heavy atom. The van der Waals surface area contributed by atoms with Crippen LogP contribution in [-0.4, -0.2) is 14.1 Å². The second kappa shape index (κ2) is 7.63. The van der Waals surface area contributed by atoms with Gasteiger partial charge >= 0.3 is 0 Å². The van der Waals surface area contributed by atoms with Crippen molar-refractivity contribution in [1.82, 2.24) is 0 Å². The van der Waals surface area contributed by atoms with Crippen LogP contribution in [0.1, 0.15) is 33.7 Å². The van der Waals surface area contributed by atoms with Crippen LogP contribution in [0.15, 0.2) is 84.9 Å². The van der Waals surface area contributed by atoms with Crippen LogP contribution in [0.5, 0.6) is 0 Å². The Kier molecular flexibility index (Phi) is 4.78. The van der Waals surface area contributed by atoms with E-state index >= 15 is 0 Å². The van der Waals surface area contributed by atoms with E-state index < -0.39 is 0 Å². The lowest BCUT2D eigenvalue weighted by Gasteiger charge is -2.21. The van der Waals surface area contributed by atoms with E-state index in [0.717, 1.165) is 0 Å². The first-order valence-electron chi connectivity index (χ1n) is 10.9. The number of hydrogen-bond donors (Lipinski definition) is 1. The molecule has 0 amide bonds. The van der Waals surface area contributed by atoms with Crippen molar-refractivity contribution in [3.05, 3.63) is 113 Å². The maximum Gasteiger partial charge on any atom is 0.0432 e. The molecule has 0 bridgehead atoms. The first-order valence-corrected chi connectivity index (χ1v) is 10.9. The predicted molar refractivity (Wildman–Crippen MR) is 133 cm³/mol. The number of nitrogens with zero attached hydrogens (tertiary/aromatic N) is 1. The zero-order valence-corrected chi connectivity index (χ0v) is 18.6. The molecule has 0 aliphatic heterocycles. The number of aryl methyl sites for hydroxylation is 2. The fourth-order valence-corrected chi connectivity index (χ4v) is 4.70. The second-order valence-electron chi connectivity index (χ2n) is 8.72. The molecule has 4 aromatic rings. The van der Waals surface area contributed by atoms with Gasteiger partial charge in [0.25, 0.3) is 0 Å².